The molecule has 0 aromatic carbocycles. The van der Waals surface area contributed by atoms with Gasteiger partial charge < -0.3 is 10.8 Å². The van der Waals surface area contributed by atoms with Crippen LogP contribution in [0.3, 0.4) is 0 Å². The summed E-state index contributed by atoms with van der Waals surface area (Å²) in [5, 5.41) is 12.2. The molecule has 6 heteroatoms. The predicted octanol–water partition coefficient (Wildman–Crippen LogP) is -0.249. The third kappa shape index (κ3) is 2.43. The molecule has 1 fully saturated rings. The molecule has 0 heterocycles. The number of nitrogens with two attached hydrogens (primary N) is 1. The summed E-state index contributed by atoms with van der Waals surface area (Å²) < 4.78 is 0. The van der Waals surface area contributed by atoms with Crippen LogP contribution in [0.15, 0.2) is 5.10 Å². The Morgan fingerprint density at radius 1 is 1.54 bits per heavy atom. The molecule has 2 unspecified atom stereocenters. The summed E-state index contributed by atoms with van der Waals surface area (Å²) in [5.41, 5.74) is 7.45. The number of nitrogens with zero attached hydrogens (tertiary/aromatic N) is 1. The zero-order chi connectivity index (χ0) is 10.0. The molecule has 1 aliphatic carbocycles. The van der Waals surface area contributed by atoms with Crippen LogP contribution in [0.4, 0.5) is 4.79 Å². The highest BCUT2D eigenvalue weighted by atomic mass is 16.4. The maximum absolute atomic E-state index is 10.4. The maximum Gasteiger partial charge on any atom is 0.332 e. The van der Waals surface area contributed by atoms with Gasteiger partial charge in [0.25, 0.3) is 0 Å². The van der Waals surface area contributed by atoms with Crippen LogP contribution < -0.4 is 11.2 Å². The highest BCUT2D eigenvalue weighted by molar-refractivity contribution is 5.93. The van der Waals surface area contributed by atoms with Crippen molar-refractivity contribution in [2.24, 2.45) is 22.7 Å². The Balaban J connectivity index is 2.42. The zero-order valence-electron chi connectivity index (χ0n) is 7.15. The summed E-state index contributed by atoms with van der Waals surface area (Å²) in [7, 11) is 0. The van der Waals surface area contributed by atoms with E-state index in [0.717, 1.165) is 0 Å². The number of primary amides is 1. The number of urea groups is 1. The number of hydrazone groups is 1. The lowest BCUT2D eigenvalue weighted by Gasteiger charge is -1.97. The van der Waals surface area contributed by atoms with Crippen LogP contribution in [0.25, 0.3) is 0 Å². The zero-order valence-corrected chi connectivity index (χ0v) is 7.15. The Kier molecular flexibility index (Phi) is 2.50. The van der Waals surface area contributed by atoms with Gasteiger partial charge in [-0.2, -0.15) is 5.10 Å². The second-order valence-corrected chi connectivity index (χ2v) is 3.02. The van der Waals surface area contributed by atoms with E-state index in [4.69, 9.17) is 10.8 Å². The molecule has 13 heavy (non-hydrogen) atoms. The van der Waals surface area contributed by atoms with Gasteiger partial charge in [0.05, 0.1) is 5.92 Å². The molecule has 0 aliphatic heterocycles. The largest absolute Gasteiger partial charge is 0.481 e. The highest BCUT2D eigenvalue weighted by Crippen LogP contribution is 2.39. The van der Waals surface area contributed by atoms with Gasteiger partial charge in [-0.15, -0.1) is 0 Å². The Labute approximate surface area is 74.8 Å². The lowest BCUT2D eigenvalue weighted by atomic mass is 10.2. The molecule has 0 saturated heterocycles. The summed E-state index contributed by atoms with van der Waals surface area (Å²) >= 11 is 0. The van der Waals surface area contributed by atoms with Crippen LogP contribution in [0, 0.1) is 11.8 Å². The molecule has 6 nitrogen and oxygen atoms in total. The quantitative estimate of drug-likeness (QED) is 0.417. The van der Waals surface area contributed by atoms with Crippen molar-refractivity contribution in [1.29, 1.82) is 0 Å². The minimum atomic E-state index is -0.821. The first kappa shape index (κ1) is 9.50. The number of nitrogens with one attached hydrogen (secondary N) is 1. The number of carbonyl (C=O) groups excluding carboxylic acids is 1. The number of carboxylic acids is 1. The molecular formula is C7H11N3O3. The van der Waals surface area contributed by atoms with Crippen LogP contribution in [0.1, 0.15) is 13.3 Å². The molecule has 0 bridgehead atoms. The smallest absolute Gasteiger partial charge is 0.332 e. The van der Waals surface area contributed by atoms with Crippen molar-refractivity contribution in [2.75, 3.05) is 0 Å². The van der Waals surface area contributed by atoms with Crippen molar-refractivity contribution in [2.45, 2.75) is 13.3 Å². The van der Waals surface area contributed by atoms with E-state index in [0.29, 0.717) is 12.1 Å². The monoisotopic (exact) mass is 185 g/mol. The molecule has 1 aliphatic rings. The summed E-state index contributed by atoms with van der Waals surface area (Å²) in [4.78, 5) is 20.7. The fourth-order valence-corrected chi connectivity index (χ4v) is 1.16. The summed E-state index contributed by atoms with van der Waals surface area (Å²) in [6.07, 6.45) is 0.588. The number of hydrogen-bond acceptors (Lipinski definition) is 3. The first-order chi connectivity index (χ1) is 6.02. The number of amides is 2. The van der Waals surface area contributed by atoms with Crippen molar-refractivity contribution in [3.8, 4) is 0 Å². The third-order valence-electron chi connectivity index (χ3n) is 1.99. The average molecular weight is 185 g/mol. The van der Waals surface area contributed by atoms with E-state index in [1.165, 1.54) is 0 Å². The van der Waals surface area contributed by atoms with Gasteiger partial charge in [-0.1, -0.05) is 0 Å². The molecule has 2 amide bonds. The molecule has 1 saturated carbocycles. The van der Waals surface area contributed by atoms with Crippen molar-refractivity contribution in [3.05, 3.63) is 0 Å². The van der Waals surface area contributed by atoms with E-state index in [-0.39, 0.29) is 11.8 Å². The molecule has 2 atom stereocenters. The normalized spacial score (nSPS) is 26.7. The molecular weight excluding hydrogens is 174 g/mol. The lowest BCUT2D eigenvalue weighted by Crippen LogP contribution is -2.25. The second kappa shape index (κ2) is 3.42. The fraction of sp³-hybridized carbons (Fsp3) is 0.571. The Bertz CT molecular complexity index is 274. The molecule has 0 spiro atoms. The first-order valence-corrected chi connectivity index (χ1v) is 3.84. The van der Waals surface area contributed by atoms with Gasteiger partial charge in [0, 0.05) is 11.6 Å². The predicted molar refractivity (Wildman–Crippen MR) is 45.1 cm³/mol. The van der Waals surface area contributed by atoms with Gasteiger partial charge in [-0.3, -0.25) is 4.79 Å². The molecule has 4 N–H and O–H groups in total. The molecule has 0 aromatic heterocycles. The molecule has 0 aromatic rings. The van der Waals surface area contributed by atoms with Crippen LogP contribution in [-0.4, -0.2) is 22.8 Å². The standard InChI is InChI=1S/C7H11N3O3/c1-3(9-10-7(8)13)4-2-5(4)6(11)12/h4-5H,2H2,1H3,(H,11,12)(H3,8,10,13)/b9-3+. The summed E-state index contributed by atoms with van der Waals surface area (Å²) in [6, 6.07) is -0.744. The second-order valence-electron chi connectivity index (χ2n) is 3.02. The molecule has 0 radical (unpaired) electrons. The Morgan fingerprint density at radius 3 is 2.54 bits per heavy atom. The van der Waals surface area contributed by atoms with Gasteiger partial charge in [0.15, 0.2) is 0 Å². The van der Waals surface area contributed by atoms with Crippen molar-refractivity contribution in [3.63, 3.8) is 0 Å². The van der Waals surface area contributed by atoms with Gasteiger partial charge in [0.1, 0.15) is 0 Å². The number of hydrogen-bond donors (Lipinski definition) is 3. The van der Waals surface area contributed by atoms with Crippen LogP contribution in [-0.2, 0) is 4.79 Å². The van der Waals surface area contributed by atoms with E-state index >= 15 is 0 Å². The SMILES string of the molecule is C/C(=N\NC(N)=O)C1CC1C(=O)O. The van der Waals surface area contributed by atoms with E-state index in [1.54, 1.807) is 6.92 Å². The summed E-state index contributed by atoms with van der Waals surface area (Å²) in [6.45, 7) is 1.67. The average Bonchev–Trinajstić information content (AvgIpc) is 2.78. The molecule has 1 rings (SSSR count). The summed E-state index contributed by atoms with van der Waals surface area (Å²) in [5.74, 6) is -1.22. The first-order valence-electron chi connectivity index (χ1n) is 3.84. The van der Waals surface area contributed by atoms with Gasteiger partial charge in [0.2, 0.25) is 0 Å². The molecule has 72 valence electrons. The van der Waals surface area contributed by atoms with Crippen LogP contribution >= 0.6 is 0 Å². The maximum atomic E-state index is 10.4. The van der Waals surface area contributed by atoms with Crippen molar-refractivity contribution < 1.29 is 14.7 Å². The fourth-order valence-electron chi connectivity index (χ4n) is 1.16. The van der Waals surface area contributed by atoms with Gasteiger partial charge in [-0.25, -0.2) is 10.2 Å². The van der Waals surface area contributed by atoms with Crippen LogP contribution in [0.2, 0.25) is 0 Å². The lowest BCUT2D eigenvalue weighted by molar-refractivity contribution is -0.138. The van der Waals surface area contributed by atoms with Crippen molar-refractivity contribution >= 4 is 17.7 Å². The number of carbonyl (C=O) groups is 2. The van der Waals surface area contributed by atoms with Crippen molar-refractivity contribution in [1.82, 2.24) is 5.43 Å². The highest BCUT2D eigenvalue weighted by Gasteiger charge is 2.45. The van der Waals surface area contributed by atoms with Crippen LogP contribution in [0.5, 0.6) is 0 Å². The topological polar surface area (TPSA) is 105 Å². The third-order valence-corrected chi connectivity index (χ3v) is 1.99. The van der Waals surface area contributed by atoms with E-state index in [9.17, 15) is 9.59 Å². The van der Waals surface area contributed by atoms with E-state index in [2.05, 4.69) is 10.5 Å². The van der Waals surface area contributed by atoms with E-state index < -0.39 is 12.0 Å². The van der Waals surface area contributed by atoms with Gasteiger partial charge in [-0.05, 0) is 13.3 Å². The Hall–Kier alpha value is -1.59. The number of aliphatic carboxylic acids is 1. The minimum Gasteiger partial charge on any atom is -0.481 e. The van der Waals surface area contributed by atoms with Gasteiger partial charge >= 0.3 is 12.0 Å². The Morgan fingerprint density at radius 2 is 2.15 bits per heavy atom. The number of rotatable bonds is 3. The minimum absolute atomic E-state index is 0.0515. The number of carboxylic acid groups (broad SMARTS) is 1. The van der Waals surface area contributed by atoms with E-state index in [1.807, 2.05) is 0 Å².